The summed E-state index contributed by atoms with van der Waals surface area (Å²) in [7, 11) is 1.64. The molecule has 6 rings (SSSR count). The van der Waals surface area contributed by atoms with Crippen molar-refractivity contribution in [3.05, 3.63) is 75.3 Å². The number of hydrogen-bond donors (Lipinski definition) is 0. The number of amides is 2. The number of anilines is 3. The third-order valence-electron chi connectivity index (χ3n) is 7.42. The summed E-state index contributed by atoms with van der Waals surface area (Å²) in [5.41, 5.74) is 5.66. The van der Waals surface area contributed by atoms with E-state index in [0.717, 1.165) is 21.3 Å². The second-order valence-corrected chi connectivity index (χ2v) is 12.3. The molecule has 3 aliphatic heterocycles. The number of rotatable bonds is 1. The van der Waals surface area contributed by atoms with E-state index in [4.69, 9.17) is 4.98 Å². The molecule has 175 valence electrons. The van der Waals surface area contributed by atoms with Gasteiger partial charge >= 0.3 is 202 Å². The van der Waals surface area contributed by atoms with Crippen LogP contribution in [-0.4, -0.2) is 54.9 Å². The number of likely N-dealkylation sites (N-methyl/N-ethyl adjacent to an activating group) is 1. The molecule has 1 aromatic carbocycles. The van der Waals surface area contributed by atoms with Crippen LogP contribution in [0.4, 0.5) is 16.5 Å². The van der Waals surface area contributed by atoms with Crippen LogP contribution < -0.4 is 4.90 Å². The summed E-state index contributed by atoms with van der Waals surface area (Å²) >= 11 is 3.16. The van der Waals surface area contributed by atoms with Crippen LogP contribution in [0.25, 0.3) is 6.08 Å². The van der Waals surface area contributed by atoms with Gasteiger partial charge in [-0.2, -0.15) is 0 Å². The average Bonchev–Trinajstić information content (AvgIpc) is 3.25. The number of benzene rings is 1. The van der Waals surface area contributed by atoms with E-state index in [-0.39, 0.29) is 22.3 Å². The van der Waals surface area contributed by atoms with Gasteiger partial charge in [0.2, 0.25) is 0 Å². The molecule has 1 radical (unpaired) electrons. The van der Waals surface area contributed by atoms with Crippen LogP contribution in [0.5, 0.6) is 0 Å². The minimum absolute atomic E-state index is 0.0905. The number of carbonyl (C=O) groups excluding carboxylic acids is 2. The van der Waals surface area contributed by atoms with Gasteiger partial charge in [0.25, 0.3) is 0 Å². The van der Waals surface area contributed by atoms with Crippen molar-refractivity contribution in [1.82, 2.24) is 9.88 Å². The van der Waals surface area contributed by atoms with E-state index in [2.05, 4.69) is 67.9 Å². The Hall–Kier alpha value is -2.79. The molecular weight excluding hydrogens is 572 g/mol. The first-order valence-corrected chi connectivity index (χ1v) is 13.4. The molecular formula is C27H23N4O2STe. The van der Waals surface area contributed by atoms with Crippen molar-refractivity contribution in [2.24, 2.45) is 4.99 Å². The third kappa shape index (κ3) is 3.00. The van der Waals surface area contributed by atoms with Gasteiger partial charge in [0, 0.05) is 0 Å². The summed E-state index contributed by atoms with van der Waals surface area (Å²) in [5, 5.41) is 1.07. The number of thiophene rings is 1. The number of fused-ring (bicyclic) bond motifs is 4. The molecule has 0 spiro atoms. The molecule has 0 fully saturated rings. The van der Waals surface area contributed by atoms with Crippen LogP contribution in [0.1, 0.15) is 54.8 Å². The first-order chi connectivity index (χ1) is 16.5. The molecule has 2 amide bonds. The molecule has 0 unspecified atom stereocenters. The van der Waals surface area contributed by atoms with Crippen molar-refractivity contribution in [2.75, 3.05) is 11.9 Å². The molecule has 6 nitrogen and oxygen atoms in total. The molecule has 3 aromatic rings. The van der Waals surface area contributed by atoms with Crippen LogP contribution >= 0.6 is 11.3 Å². The summed E-state index contributed by atoms with van der Waals surface area (Å²) in [6.45, 7) is 8.99. The van der Waals surface area contributed by atoms with Gasteiger partial charge in [-0.05, 0) is 6.07 Å². The van der Waals surface area contributed by atoms with Gasteiger partial charge in [0.15, 0.2) is 0 Å². The second kappa shape index (κ2) is 7.36. The molecule has 3 aliphatic rings. The number of hydrogen-bond acceptors (Lipinski definition) is 5. The number of nitrogens with zero attached hydrogens (tertiary/aromatic N) is 4. The number of carbonyl (C=O) groups is 2. The fraction of sp³-hybridized carbons (Fsp3) is 0.259. The van der Waals surface area contributed by atoms with Gasteiger partial charge in [-0.15, -0.1) is 0 Å². The maximum absolute atomic E-state index is 12.9. The first kappa shape index (κ1) is 22.7. The number of aliphatic imine (C=N–C) groups is 1. The maximum atomic E-state index is 12.9. The number of pyridine rings is 1. The Kier molecular flexibility index (Phi) is 4.76. The van der Waals surface area contributed by atoms with E-state index < -0.39 is 5.91 Å². The Morgan fingerprint density at radius 2 is 1.63 bits per heavy atom. The van der Waals surface area contributed by atoms with Gasteiger partial charge < -0.3 is 0 Å². The summed E-state index contributed by atoms with van der Waals surface area (Å²) in [6, 6.07) is 12.8. The number of para-hydroxylation sites is 1. The van der Waals surface area contributed by atoms with Gasteiger partial charge in [-0.25, -0.2) is 0 Å². The van der Waals surface area contributed by atoms with E-state index in [9.17, 15) is 9.59 Å². The monoisotopic (exact) mass is 597 g/mol. The second-order valence-electron chi connectivity index (χ2n) is 10.2. The molecule has 0 saturated heterocycles. The average molecular weight is 595 g/mol. The summed E-state index contributed by atoms with van der Waals surface area (Å²) in [4.78, 5) is 38.9. The van der Waals surface area contributed by atoms with Crippen molar-refractivity contribution in [2.45, 2.75) is 38.5 Å². The van der Waals surface area contributed by atoms with Gasteiger partial charge in [-0.1, -0.05) is 13.8 Å². The van der Waals surface area contributed by atoms with Crippen LogP contribution in [0, 0.1) is 0 Å². The predicted octanol–water partition coefficient (Wildman–Crippen LogP) is 4.80. The topological polar surface area (TPSA) is 65.9 Å². The molecule has 0 N–H and O–H groups in total. The Bertz CT molecular complexity index is 1530. The van der Waals surface area contributed by atoms with E-state index in [1.807, 2.05) is 12.3 Å². The van der Waals surface area contributed by atoms with E-state index in [1.54, 1.807) is 46.8 Å². The first-order valence-electron chi connectivity index (χ1n) is 11.4. The molecule has 0 aliphatic carbocycles. The molecule has 5 heterocycles. The van der Waals surface area contributed by atoms with Crippen LogP contribution in [0.15, 0.2) is 53.2 Å². The summed E-state index contributed by atoms with van der Waals surface area (Å²) in [5.74, 6) is 0.116. The van der Waals surface area contributed by atoms with E-state index in [1.165, 1.54) is 27.3 Å². The Balaban J connectivity index is 1.60. The van der Waals surface area contributed by atoms with E-state index in [0.29, 0.717) is 3.88 Å². The van der Waals surface area contributed by atoms with Crippen molar-refractivity contribution in [3.63, 3.8) is 0 Å². The zero-order chi connectivity index (χ0) is 24.9. The van der Waals surface area contributed by atoms with Gasteiger partial charge in [0.05, 0.1) is 0 Å². The normalized spacial score (nSPS) is 20.4. The fourth-order valence-electron chi connectivity index (χ4n) is 5.38. The molecule has 0 atom stereocenters. The predicted molar refractivity (Wildman–Crippen MR) is 140 cm³/mol. The van der Waals surface area contributed by atoms with Crippen LogP contribution in [0.3, 0.4) is 0 Å². The number of aromatic nitrogens is 1. The zero-order valence-corrected chi connectivity index (χ0v) is 23.2. The van der Waals surface area contributed by atoms with Gasteiger partial charge in [0.1, 0.15) is 0 Å². The van der Waals surface area contributed by atoms with Crippen molar-refractivity contribution < 1.29 is 9.59 Å². The van der Waals surface area contributed by atoms with Crippen molar-refractivity contribution in [1.29, 1.82) is 0 Å². The molecule has 0 saturated carbocycles. The van der Waals surface area contributed by atoms with Crippen molar-refractivity contribution in [3.8, 4) is 0 Å². The molecule has 35 heavy (non-hydrogen) atoms. The van der Waals surface area contributed by atoms with E-state index >= 15 is 0 Å². The quantitative estimate of drug-likeness (QED) is 0.231. The minimum atomic E-state index is -0.490. The zero-order valence-electron chi connectivity index (χ0n) is 20.0. The Morgan fingerprint density at radius 3 is 2.34 bits per heavy atom. The summed E-state index contributed by atoms with van der Waals surface area (Å²) in [6.07, 6.45) is 3.53. The van der Waals surface area contributed by atoms with Crippen LogP contribution in [-0.2, 0) is 20.4 Å². The SMILES string of the molecule is CN1C(=O)/C(=C/c2cc3c(s2)N2c4ncccc4C(C)(C)c4cccc(c42)C3(C)C)C(=O)N=C1[Te]. The Morgan fingerprint density at radius 1 is 0.971 bits per heavy atom. The Labute approximate surface area is 221 Å². The summed E-state index contributed by atoms with van der Waals surface area (Å²) < 4.78 is 0.418. The molecule has 8 heteroatoms. The van der Waals surface area contributed by atoms with Crippen LogP contribution in [0.2, 0.25) is 0 Å². The van der Waals surface area contributed by atoms with Crippen molar-refractivity contribution >= 4 is 71.9 Å². The molecule has 2 aromatic heterocycles. The number of amidine groups is 1. The van der Waals surface area contributed by atoms with Gasteiger partial charge in [-0.3, -0.25) is 0 Å². The molecule has 0 bridgehead atoms. The standard InChI is InChI=1S/C27H23N4O2STe/c1-26(2)16-8-6-9-17-20(16)31(21-18(26)10-7-11-28-21)24-19(27(17,3)4)13-14(34-24)12-15-22(32)29-25(35)30(5)23(15)33/h6-13H,1-5H3/b15-12+. The third-order valence-corrected chi connectivity index (χ3v) is 9.53. The fourth-order valence-corrected chi connectivity index (χ4v) is 7.12.